The van der Waals surface area contributed by atoms with E-state index in [9.17, 15) is 0 Å². The molecule has 0 aliphatic carbocycles. The Bertz CT molecular complexity index is 695. The molecular formula is C17H26N6O2. The molecule has 8 heteroatoms. The van der Waals surface area contributed by atoms with Gasteiger partial charge in [-0.15, -0.1) is 0 Å². The lowest BCUT2D eigenvalue weighted by atomic mass is 10.3. The SMILES string of the molecule is CNCC(C)NOc1cc(Nc2nc(C)cc(NC)n2)ccc1OC. The van der Waals surface area contributed by atoms with Gasteiger partial charge in [0.15, 0.2) is 11.5 Å². The Labute approximate surface area is 148 Å². The second-order valence-corrected chi connectivity index (χ2v) is 5.64. The van der Waals surface area contributed by atoms with E-state index in [1.807, 2.05) is 52.2 Å². The first-order valence-corrected chi connectivity index (χ1v) is 8.11. The van der Waals surface area contributed by atoms with E-state index in [2.05, 4.69) is 31.4 Å². The van der Waals surface area contributed by atoms with Gasteiger partial charge in [0.25, 0.3) is 0 Å². The summed E-state index contributed by atoms with van der Waals surface area (Å²) in [4.78, 5) is 14.5. The summed E-state index contributed by atoms with van der Waals surface area (Å²) >= 11 is 0. The molecule has 0 amide bonds. The van der Waals surface area contributed by atoms with Crippen molar-refractivity contribution in [3.8, 4) is 11.5 Å². The molecule has 0 spiro atoms. The van der Waals surface area contributed by atoms with Crippen LogP contribution in [0.15, 0.2) is 24.3 Å². The number of hydrogen-bond acceptors (Lipinski definition) is 8. The molecule has 0 aliphatic heterocycles. The van der Waals surface area contributed by atoms with Crippen LogP contribution in [0.5, 0.6) is 11.5 Å². The van der Waals surface area contributed by atoms with Crippen molar-refractivity contribution in [2.45, 2.75) is 19.9 Å². The van der Waals surface area contributed by atoms with Gasteiger partial charge in [-0.05, 0) is 33.0 Å². The standard InChI is InChI=1S/C17H26N6O2/c1-11-8-16(19-4)22-17(20-11)21-13-6-7-14(24-5)15(9-13)25-23-12(2)10-18-3/h6-9,12,18,23H,10H2,1-5H3,(H2,19,20,21,22). The minimum atomic E-state index is 0.143. The number of hydrogen-bond donors (Lipinski definition) is 4. The second kappa shape index (κ2) is 9.05. The van der Waals surface area contributed by atoms with Gasteiger partial charge in [0.1, 0.15) is 5.82 Å². The maximum Gasteiger partial charge on any atom is 0.229 e. The van der Waals surface area contributed by atoms with Crippen molar-refractivity contribution in [1.82, 2.24) is 20.8 Å². The number of ether oxygens (including phenoxy) is 1. The third-order valence-electron chi connectivity index (χ3n) is 3.41. The van der Waals surface area contributed by atoms with E-state index < -0.39 is 0 Å². The molecule has 1 atom stereocenters. The normalized spacial score (nSPS) is 11.7. The van der Waals surface area contributed by atoms with Crippen molar-refractivity contribution in [1.29, 1.82) is 0 Å². The monoisotopic (exact) mass is 346 g/mol. The molecule has 1 aromatic heterocycles. The molecule has 0 bridgehead atoms. The first kappa shape index (κ1) is 18.8. The number of nitrogens with zero attached hydrogens (tertiary/aromatic N) is 2. The van der Waals surface area contributed by atoms with Crippen molar-refractivity contribution in [2.75, 3.05) is 38.4 Å². The summed E-state index contributed by atoms with van der Waals surface area (Å²) in [6.45, 7) is 4.72. The minimum Gasteiger partial charge on any atom is -0.493 e. The zero-order valence-corrected chi connectivity index (χ0v) is 15.3. The molecule has 0 aliphatic rings. The summed E-state index contributed by atoms with van der Waals surface area (Å²) < 4.78 is 5.35. The summed E-state index contributed by atoms with van der Waals surface area (Å²) in [6, 6.07) is 7.57. The Hall–Kier alpha value is -2.58. The molecule has 8 nitrogen and oxygen atoms in total. The molecule has 0 fully saturated rings. The zero-order valence-electron chi connectivity index (χ0n) is 15.3. The number of benzene rings is 1. The van der Waals surface area contributed by atoms with Crippen LogP contribution in [0.2, 0.25) is 0 Å². The first-order chi connectivity index (χ1) is 12.0. The third kappa shape index (κ3) is 5.47. The number of aromatic nitrogens is 2. The van der Waals surface area contributed by atoms with E-state index in [0.717, 1.165) is 23.7 Å². The van der Waals surface area contributed by atoms with Crippen LogP contribution in [0, 0.1) is 6.92 Å². The van der Waals surface area contributed by atoms with Gasteiger partial charge in [-0.3, -0.25) is 0 Å². The molecule has 2 aromatic rings. The number of methoxy groups -OCH3 is 1. The molecule has 4 N–H and O–H groups in total. The van der Waals surface area contributed by atoms with E-state index in [1.165, 1.54) is 0 Å². The highest BCUT2D eigenvalue weighted by molar-refractivity contribution is 5.60. The van der Waals surface area contributed by atoms with E-state index >= 15 is 0 Å². The van der Waals surface area contributed by atoms with Gasteiger partial charge in [-0.2, -0.15) is 10.5 Å². The van der Waals surface area contributed by atoms with Crippen molar-refractivity contribution >= 4 is 17.5 Å². The van der Waals surface area contributed by atoms with Crippen LogP contribution in [0.1, 0.15) is 12.6 Å². The lowest BCUT2D eigenvalue weighted by molar-refractivity contribution is 0.155. The molecule has 136 valence electrons. The fourth-order valence-electron chi connectivity index (χ4n) is 2.23. The zero-order chi connectivity index (χ0) is 18.2. The van der Waals surface area contributed by atoms with Crippen LogP contribution in [-0.2, 0) is 0 Å². The smallest absolute Gasteiger partial charge is 0.229 e. The van der Waals surface area contributed by atoms with Crippen LogP contribution in [-0.4, -0.2) is 43.8 Å². The van der Waals surface area contributed by atoms with Crippen molar-refractivity contribution in [3.05, 3.63) is 30.0 Å². The average Bonchev–Trinajstić information content (AvgIpc) is 2.60. The fourth-order valence-corrected chi connectivity index (χ4v) is 2.23. The maximum atomic E-state index is 5.68. The Morgan fingerprint density at radius 3 is 2.60 bits per heavy atom. The highest BCUT2D eigenvalue weighted by atomic mass is 16.7. The Balaban J connectivity index is 2.16. The van der Waals surface area contributed by atoms with Crippen LogP contribution in [0.25, 0.3) is 0 Å². The van der Waals surface area contributed by atoms with E-state index in [4.69, 9.17) is 9.57 Å². The van der Waals surface area contributed by atoms with E-state index in [1.54, 1.807) is 7.11 Å². The number of nitrogens with one attached hydrogen (secondary N) is 4. The van der Waals surface area contributed by atoms with Gasteiger partial charge < -0.3 is 25.5 Å². The van der Waals surface area contributed by atoms with Crippen LogP contribution in [0.3, 0.4) is 0 Å². The van der Waals surface area contributed by atoms with Gasteiger partial charge in [0, 0.05) is 37.1 Å². The topological polar surface area (TPSA) is 92.4 Å². The van der Waals surface area contributed by atoms with Crippen LogP contribution >= 0.6 is 0 Å². The van der Waals surface area contributed by atoms with Crippen LogP contribution < -0.4 is 31.0 Å². The predicted octanol–water partition coefficient (Wildman–Crippen LogP) is 2.07. The molecule has 25 heavy (non-hydrogen) atoms. The number of likely N-dealkylation sites (N-methyl/N-ethyl adjacent to an activating group) is 1. The number of aryl methyl sites for hydroxylation is 1. The Morgan fingerprint density at radius 2 is 1.92 bits per heavy atom. The Kier molecular flexibility index (Phi) is 6.79. The van der Waals surface area contributed by atoms with Gasteiger partial charge in [-0.25, -0.2) is 4.98 Å². The number of hydroxylamine groups is 1. The lowest BCUT2D eigenvalue weighted by Crippen LogP contribution is -2.37. The van der Waals surface area contributed by atoms with Crippen molar-refractivity contribution in [3.63, 3.8) is 0 Å². The molecule has 1 unspecified atom stereocenters. The molecule has 0 radical (unpaired) electrons. The molecule has 0 saturated carbocycles. The fraction of sp³-hybridized carbons (Fsp3) is 0.412. The largest absolute Gasteiger partial charge is 0.493 e. The van der Waals surface area contributed by atoms with E-state index in [-0.39, 0.29) is 6.04 Å². The molecule has 1 aromatic carbocycles. The highest BCUT2D eigenvalue weighted by Gasteiger charge is 2.10. The van der Waals surface area contributed by atoms with Gasteiger partial charge in [-0.1, -0.05) is 0 Å². The lowest BCUT2D eigenvalue weighted by Gasteiger charge is -2.16. The maximum absolute atomic E-state index is 5.68. The summed E-state index contributed by atoms with van der Waals surface area (Å²) in [5.41, 5.74) is 4.65. The highest BCUT2D eigenvalue weighted by Crippen LogP contribution is 2.30. The van der Waals surface area contributed by atoms with Gasteiger partial charge in [0.2, 0.25) is 5.95 Å². The predicted molar refractivity (Wildman–Crippen MR) is 99.7 cm³/mol. The second-order valence-electron chi connectivity index (χ2n) is 5.64. The quantitative estimate of drug-likeness (QED) is 0.513. The minimum absolute atomic E-state index is 0.143. The molecule has 0 saturated heterocycles. The average molecular weight is 346 g/mol. The van der Waals surface area contributed by atoms with E-state index in [0.29, 0.717) is 17.4 Å². The van der Waals surface area contributed by atoms with Gasteiger partial charge >= 0.3 is 0 Å². The molecular weight excluding hydrogens is 320 g/mol. The summed E-state index contributed by atoms with van der Waals surface area (Å²) in [5, 5.41) is 9.29. The Morgan fingerprint density at radius 1 is 1.12 bits per heavy atom. The van der Waals surface area contributed by atoms with Crippen LogP contribution in [0.4, 0.5) is 17.5 Å². The van der Waals surface area contributed by atoms with Gasteiger partial charge in [0.05, 0.1) is 13.2 Å². The van der Waals surface area contributed by atoms with Crippen molar-refractivity contribution < 1.29 is 9.57 Å². The number of rotatable bonds is 9. The number of anilines is 3. The van der Waals surface area contributed by atoms with Crippen molar-refractivity contribution in [2.24, 2.45) is 0 Å². The summed E-state index contributed by atoms with van der Waals surface area (Å²) in [6.07, 6.45) is 0. The summed E-state index contributed by atoms with van der Waals surface area (Å²) in [5.74, 6) is 2.48. The summed E-state index contributed by atoms with van der Waals surface area (Å²) in [7, 11) is 5.32. The molecule has 1 heterocycles. The third-order valence-corrected chi connectivity index (χ3v) is 3.41. The molecule has 2 rings (SSSR count). The first-order valence-electron chi connectivity index (χ1n) is 8.11.